The molecule has 144 valence electrons. The monoisotopic (exact) mass is 373 g/mol. The van der Waals surface area contributed by atoms with Crippen LogP contribution in [0.3, 0.4) is 0 Å². The molecule has 2 aromatic rings. The highest BCUT2D eigenvalue weighted by Crippen LogP contribution is 2.16. The van der Waals surface area contributed by atoms with E-state index in [0.717, 1.165) is 12.8 Å². The lowest BCUT2D eigenvalue weighted by molar-refractivity contribution is -0.122. The molecule has 0 fully saturated rings. The van der Waals surface area contributed by atoms with Gasteiger partial charge >= 0.3 is 5.97 Å². The van der Waals surface area contributed by atoms with Gasteiger partial charge < -0.3 is 14.8 Å². The molecule has 0 aromatic heterocycles. The van der Waals surface area contributed by atoms with Crippen LogP contribution in [0.4, 0.5) is 10.1 Å². The molecule has 1 atom stereocenters. The first-order valence-corrected chi connectivity index (χ1v) is 9.03. The predicted octanol–water partition coefficient (Wildman–Crippen LogP) is 4.58. The minimum atomic E-state index is -0.714. The van der Waals surface area contributed by atoms with Crippen LogP contribution in [-0.2, 0) is 9.53 Å². The van der Waals surface area contributed by atoms with Crippen molar-refractivity contribution >= 4 is 17.6 Å². The molecule has 1 N–H and O–H groups in total. The summed E-state index contributed by atoms with van der Waals surface area (Å²) in [5.41, 5.74) is 0.977. The highest BCUT2D eigenvalue weighted by atomic mass is 19.1. The zero-order chi connectivity index (χ0) is 19.6. The summed E-state index contributed by atoms with van der Waals surface area (Å²) in [7, 11) is 0. The van der Waals surface area contributed by atoms with Gasteiger partial charge in [-0.2, -0.15) is 0 Å². The number of hydrogen-bond acceptors (Lipinski definition) is 4. The van der Waals surface area contributed by atoms with Crippen LogP contribution in [0.15, 0.2) is 48.5 Å². The fraction of sp³-hybridized carbons (Fsp3) is 0.333. The summed E-state index contributed by atoms with van der Waals surface area (Å²) in [6.45, 7) is 4.24. The summed E-state index contributed by atoms with van der Waals surface area (Å²) < 4.78 is 23.7. The number of hydrogen-bond donors (Lipinski definition) is 1. The van der Waals surface area contributed by atoms with E-state index in [-0.39, 0.29) is 17.7 Å². The average Bonchev–Trinajstić information content (AvgIpc) is 2.68. The number of halogens is 1. The number of nitrogens with one attached hydrogen (secondary N) is 1. The fourth-order valence-electron chi connectivity index (χ4n) is 2.30. The molecule has 0 saturated heterocycles. The maximum atomic E-state index is 13.0. The number of ether oxygens (including phenoxy) is 2. The molecular formula is C21H24FNO4. The molecule has 0 heterocycles. The Morgan fingerprint density at radius 1 is 1.04 bits per heavy atom. The lowest BCUT2D eigenvalue weighted by Crippen LogP contribution is -2.32. The van der Waals surface area contributed by atoms with Crippen molar-refractivity contribution < 1.29 is 23.5 Å². The van der Waals surface area contributed by atoms with E-state index >= 15 is 0 Å². The van der Waals surface area contributed by atoms with Crippen LogP contribution in [0.2, 0.25) is 0 Å². The summed E-state index contributed by atoms with van der Waals surface area (Å²) in [5.74, 6) is -0.649. The molecule has 1 unspecified atom stereocenters. The van der Waals surface area contributed by atoms with Crippen molar-refractivity contribution in [3.05, 3.63) is 59.9 Å². The SMILES string of the molecule is CCCCOC(=O)c1ccc(NC(=O)C(CC)Oc2ccc(F)cc2)cc1. The van der Waals surface area contributed by atoms with Gasteiger partial charge in [0.1, 0.15) is 11.6 Å². The first kappa shape index (κ1) is 20.4. The summed E-state index contributed by atoms with van der Waals surface area (Å²) >= 11 is 0. The lowest BCUT2D eigenvalue weighted by atomic mass is 10.2. The van der Waals surface area contributed by atoms with Crippen LogP contribution in [-0.4, -0.2) is 24.6 Å². The quantitative estimate of drug-likeness (QED) is 0.516. The normalized spacial score (nSPS) is 11.5. The highest BCUT2D eigenvalue weighted by Gasteiger charge is 2.19. The lowest BCUT2D eigenvalue weighted by Gasteiger charge is -2.17. The Hall–Kier alpha value is -2.89. The van der Waals surface area contributed by atoms with Gasteiger partial charge in [0.05, 0.1) is 12.2 Å². The standard InChI is InChI=1S/C21H24FNO4/c1-3-5-14-26-21(25)15-6-10-17(11-7-15)23-20(24)19(4-2)27-18-12-8-16(22)9-13-18/h6-13,19H,3-5,14H2,1-2H3,(H,23,24). The second kappa shape index (κ2) is 10.3. The summed E-state index contributed by atoms with van der Waals surface area (Å²) in [5, 5.41) is 2.75. The molecule has 1 amide bonds. The molecule has 2 aromatic carbocycles. The minimum Gasteiger partial charge on any atom is -0.481 e. The maximum Gasteiger partial charge on any atom is 0.338 e. The molecule has 2 rings (SSSR count). The number of esters is 1. The van der Waals surface area contributed by atoms with Crippen molar-refractivity contribution in [2.45, 2.75) is 39.2 Å². The Kier molecular flexibility index (Phi) is 7.79. The van der Waals surface area contributed by atoms with Crippen molar-refractivity contribution in [3.63, 3.8) is 0 Å². The molecule has 5 nitrogen and oxygen atoms in total. The number of anilines is 1. The molecule has 0 saturated carbocycles. The molecule has 0 aliphatic carbocycles. The number of rotatable bonds is 9. The van der Waals surface area contributed by atoms with Gasteiger partial charge in [0, 0.05) is 5.69 Å². The zero-order valence-electron chi connectivity index (χ0n) is 15.5. The van der Waals surface area contributed by atoms with Gasteiger partial charge in [-0.15, -0.1) is 0 Å². The second-order valence-electron chi connectivity index (χ2n) is 6.02. The third kappa shape index (κ3) is 6.40. The van der Waals surface area contributed by atoms with Crippen LogP contribution in [0.25, 0.3) is 0 Å². The summed E-state index contributed by atoms with van der Waals surface area (Å²) in [6.07, 6.45) is 1.52. The van der Waals surface area contributed by atoms with Gasteiger partial charge in [-0.25, -0.2) is 9.18 Å². The van der Waals surface area contributed by atoms with Crippen LogP contribution >= 0.6 is 0 Å². The fourth-order valence-corrected chi connectivity index (χ4v) is 2.30. The van der Waals surface area contributed by atoms with Crippen molar-refractivity contribution in [2.24, 2.45) is 0 Å². The number of unbranched alkanes of at least 4 members (excludes halogenated alkanes) is 1. The van der Waals surface area contributed by atoms with Gasteiger partial charge in [0.25, 0.3) is 5.91 Å². The molecular weight excluding hydrogens is 349 g/mol. The Morgan fingerprint density at radius 3 is 2.30 bits per heavy atom. The molecule has 0 spiro atoms. The third-order valence-corrected chi connectivity index (χ3v) is 3.87. The van der Waals surface area contributed by atoms with Crippen molar-refractivity contribution in [1.29, 1.82) is 0 Å². The van der Waals surface area contributed by atoms with E-state index in [0.29, 0.717) is 30.0 Å². The summed E-state index contributed by atoms with van der Waals surface area (Å²) in [6, 6.07) is 12.0. The smallest absolute Gasteiger partial charge is 0.338 e. The molecule has 6 heteroatoms. The molecule has 0 bridgehead atoms. The van der Waals surface area contributed by atoms with Crippen molar-refractivity contribution in [2.75, 3.05) is 11.9 Å². The van der Waals surface area contributed by atoms with E-state index in [2.05, 4.69) is 5.32 Å². The molecule has 0 aliphatic heterocycles. The van der Waals surface area contributed by atoms with Gasteiger partial charge in [0.2, 0.25) is 0 Å². The van der Waals surface area contributed by atoms with E-state index in [1.165, 1.54) is 24.3 Å². The molecule has 0 aliphatic rings. The van der Waals surface area contributed by atoms with E-state index in [1.54, 1.807) is 24.3 Å². The number of carbonyl (C=O) groups is 2. The first-order chi connectivity index (χ1) is 13.0. The van der Waals surface area contributed by atoms with Crippen molar-refractivity contribution in [1.82, 2.24) is 0 Å². The molecule has 0 radical (unpaired) electrons. The van der Waals surface area contributed by atoms with Gasteiger partial charge in [-0.3, -0.25) is 4.79 Å². The van der Waals surface area contributed by atoms with E-state index in [1.807, 2.05) is 13.8 Å². The summed E-state index contributed by atoms with van der Waals surface area (Å²) in [4.78, 5) is 24.3. The number of carbonyl (C=O) groups excluding carboxylic acids is 2. The predicted molar refractivity (Wildman–Crippen MR) is 101 cm³/mol. The molecule has 27 heavy (non-hydrogen) atoms. The van der Waals surface area contributed by atoms with E-state index < -0.39 is 6.10 Å². The van der Waals surface area contributed by atoms with Gasteiger partial charge in [0.15, 0.2) is 6.10 Å². The highest BCUT2D eigenvalue weighted by molar-refractivity contribution is 5.95. The van der Waals surface area contributed by atoms with E-state index in [9.17, 15) is 14.0 Å². The largest absolute Gasteiger partial charge is 0.481 e. The zero-order valence-corrected chi connectivity index (χ0v) is 15.5. The Labute approximate surface area is 158 Å². The second-order valence-corrected chi connectivity index (χ2v) is 6.02. The van der Waals surface area contributed by atoms with E-state index in [4.69, 9.17) is 9.47 Å². The third-order valence-electron chi connectivity index (χ3n) is 3.87. The topological polar surface area (TPSA) is 64.6 Å². The van der Waals surface area contributed by atoms with Crippen LogP contribution in [0.5, 0.6) is 5.75 Å². The maximum absolute atomic E-state index is 13.0. The van der Waals surface area contributed by atoms with Crippen LogP contribution < -0.4 is 10.1 Å². The Balaban J connectivity index is 1.93. The minimum absolute atomic E-state index is 0.319. The van der Waals surface area contributed by atoms with Gasteiger partial charge in [-0.05, 0) is 61.4 Å². The van der Waals surface area contributed by atoms with Gasteiger partial charge in [-0.1, -0.05) is 20.3 Å². The average molecular weight is 373 g/mol. The first-order valence-electron chi connectivity index (χ1n) is 9.03. The van der Waals surface area contributed by atoms with Crippen LogP contribution in [0, 0.1) is 5.82 Å². The Morgan fingerprint density at radius 2 is 1.70 bits per heavy atom. The van der Waals surface area contributed by atoms with Crippen molar-refractivity contribution in [3.8, 4) is 5.75 Å². The number of benzene rings is 2. The van der Waals surface area contributed by atoms with Crippen LogP contribution in [0.1, 0.15) is 43.5 Å². The Bertz CT molecular complexity index is 744. The number of amides is 1.